The van der Waals surface area contributed by atoms with Gasteiger partial charge in [0.05, 0.1) is 11.3 Å². The summed E-state index contributed by atoms with van der Waals surface area (Å²) in [6, 6.07) is 3.40. The van der Waals surface area contributed by atoms with Gasteiger partial charge in [-0.3, -0.25) is 9.87 Å². The van der Waals surface area contributed by atoms with Gasteiger partial charge in [0.2, 0.25) is 6.10 Å². The molecule has 0 fully saturated rings. The highest BCUT2D eigenvalue weighted by Crippen LogP contribution is 2.26. The summed E-state index contributed by atoms with van der Waals surface area (Å²) in [7, 11) is -5.04. The van der Waals surface area contributed by atoms with Crippen LogP contribution >= 0.6 is 22.6 Å². The van der Waals surface area contributed by atoms with Crippen molar-refractivity contribution in [2.24, 2.45) is 0 Å². The number of carbonyl (C=O) groups excluding carboxylic acids is 2. The van der Waals surface area contributed by atoms with E-state index in [0.29, 0.717) is 0 Å². The van der Waals surface area contributed by atoms with Crippen LogP contribution in [0.1, 0.15) is 10.4 Å². The minimum absolute atomic E-state index is 0.0422. The summed E-state index contributed by atoms with van der Waals surface area (Å²) < 4.78 is 77.5. The van der Waals surface area contributed by atoms with Crippen molar-refractivity contribution in [2.75, 3.05) is 17.7 Å². The van der Waals surface area contributed by atoms with E-state index in [9.17, 15) is 31.2 Å². The Kier molecular flexibility index (Phi) is 8.04. The smallest absolute Gasteiger partial charge is 0.426 e. The highest BCUT2D eigenvalue weighted by molar-refractivity contribution is 14.1. The van der Waals surface area contributed by atoms with Crippen molar-refractivity contribution in [1.29, 1.82) is 0 Å². The number of halogens is 4. The van der Waals surface area contributed by atoms with E-state index < -0.39 is 40.2 Å². The maximum Gasteiger partial charge on any atom is 0.426 e. The molecule has 0 aliphatic rings. The molecule has 27 heavy (non-hydrogen) atoms. The zero-order valence-electron chi connectivity index (χ0n) is 13.3. The molecule has 0 aliphatic heterocycles. The lowest BCUT2D eigenvalue weighted by atomic mass is 10.2. The SMILES string of the molecule is C=CCOC(=O)Nc1ccc(C(=O)OC(CS(=O)(=O)O)C(F)(F)F)cc1I. The quantitative estimate of drug-likeness (QED) is 0.244. The predicted molar refractivity (Wildman–Crippen MR) is 96.0 cm³/mol. The minimum Gasteiger partial charge on any atom is -0.448 e. The molecule has 1 atom stereocenters. The molecule has 1 aromatic rings. The van der Waals surface area contributed by atoms with Gasteiger partial charge in [0.15, 0.2) is 0 Å². The molecule has 0 heterocycles. The molecule has 1 unspecified atom stereocenters. The Labute approximate surface area is 165 Å². The fraction of sp³-hybridized carbons (Fsp3) is 0.286. The van der Waals surface area contributed by atoms with Crippen LogP contribution < -0.4 is 5.32 Å². The zero-order chi connectivity index (χ0) is 20.8. The van der Waals surface area contributed by atoms with Crippen molar-refractivity contribution >= 4 is 50.5 Å². The largest absolute Gasteiger partial charge is 0.448 e. The summed E-state index contributed by atoms with van der Waals surface area (Å²) >= 11 is 1.71. The molecule has 1 amide bonds. The lowest BCUT2D eigenvalue weighted by Crippen LogP contribution is -2.39. The van der Waals surface area contributed by atoms with Gasteiger partial charge in [-0.15, -0.1) is 0 Å². The molecule has 0 aliphatic carbocycles. The van der Waals surface area contributed by atoms with Crippen molar-refractivity contribution in [1.82, 2.24) is 0 Å². The van der Waals surface area contributed by atoms with Gasteiger partial charge < -0.3 is 9.47 Å². The lowest BCUT2D eigenvalue weighted by Gasteiger charge is -2.19. The van der Waals surface area contributed by atoms with Crippen molar-refractivity contribution in [3.05, 3.63) is 40.0 Å². The molecule has 0 radical (unpaired) electrons. The van der Waals surface area contributed by atoms with Crippen molar-refractivity contribution in [3.8, 4) is 0 Å². The first kappa shape index (κ1) is 23.2. The van der Waals surface area contributed by atoms with Crippen molar-refractivity contribution in [3.63, 3.8) is 0 Å². The number of benzene rings is 1. The summed E-state index contributed by atoms with van der Waals surface area (Å²) in [6.45, 7) is 3.32. The van der Waals surface area contributed by atoms with Gasteiger partial charge in [0.25, 0.3) is 10.1 Å². The number of rotatable bonds is 7. The number of esters is 1. The van der Waals surface area contributed by atoms with Gasteiger partial charge in [-0.2, -0.15) is 21.6 Å². The monoisotopic (exact) mass is 523 g/mol. The second-order valence-electron chi connectivity index (χ2n) is 4.89. The Morgan fingerprint density at radius 2 is 2.00 bits per heavy atom. The molecule has 1 rings (SSSR count). The van der Waals surface area contributed by atoms with Gasteiger partial charge in [0, 0.05) is 3.57 Å². The zero-order valence-corrected chi connectivity index (χ0v) is 16.3. The van der Waals surface area contributed by atoms with E-state index in [1.165, 1.54) is 12.1 Å². The standard InChI is InChI=1S/C14H13F3INO7S/c1-2-5-25-13(21)19-10-4-3-8(6-9(10)18)12(20)26-11(14(15,16)17)7-27(22,23)24/h2-4,6,11H,1,5,7H2,(H,19,21)(H,22,23,24). The number of ether oxygens (including phenoxy) is 2. The molecule has 2 N–H and O–H groups in total. The molecule has 0 saturated heterocycles. The Morgan fingerprint density at radius 1 is 1.37 bits per heavy atom. The third-order valence-electron chi connectivity index (χ3n) is 2.75. The average molecular weight is 523 g/mol. The lowest BCUT2D eigenvalue weighted by molar-refractivity contribution is -0.197. The Bertz CT molecular complexity index is 826. The Morgan fingerprint density at radius 3 is 2.48 bits per heavy atom. The second-order valence-corrected chi connectivity index (χ2v) is 7.55. The summed E-state index contributed by atoms with van der Waals surface area (Å²) in [5.74, 6) is -3.28. The number of hydrogen-bond acceptors (Lipinski definition) is 6. The van der Waals surface area contributed by atoms with Gasteiger partial charge in [-0.25, -0.2) is 9.59 Å². The Hall–Kier alpha value is -1.87. The third-order valence-corrected chi connectivity index (χ3v) is 4.37. The van der Waals surface area contributed by atoms with Gasteiger partial charge in [-0.1, -0.05) is 12.7 Å². The Balaban J connectivity index is 2.92. The number of nitrogens with one attached hydrogen (secondary N) is 1. The van der Waals surface area contributed by atoms with Crippen LogP contribution in [0.2, 0.25) is 0 Å². The van der Waals surface area contributed by atoms with Gasteiger partial charge in [0.1, 0.15) is 12.4 Å². The number of hydrogen-bond donors (Lipinski definition) is 2. The molecule has 150 valence electrons. The van der Waals surface area contributed by atoms with Crippen molar-refractivity contribution in [2.45, 2.75) is 12.3 Å². The van der Waals surface area contributed by atoms with Crippen LogP contribution in [0.5, 0.6) is 0 Å². The first-order valence-electron chi connectivity index (χ1n) is 6.90. The van der Waals surface area contributed by atoms with Crippen LogP contribution in [0.3, 0.4) is 0 Å². The number of amides is 1. The summed E-state index contributed by atoms with van der Waals surface area (Å²) in [5.41, 5.74) is -0.111. The molecule has 8 nitrogen and oxygen atoms in total. The minimum atomic E-state index is -5.20. The summed E-state index contributed by atoms with van der Waals surface area (Å²) in [4.78, 5) is 23.3. The number of carbonyl (C=O) groups is 2. The van der Waals surface area contributed by atoms with Crippen LogP contribution in [0.4, 0.5) is 23.7 Å². The van der Waals surface area contributed by atoms with E-state index in [0.717, 1.165) is 12.1 Å². The van der Waals surface area contributed by atoms with Crippen LogP contribution in [0.15, 0.2) is 30.9 Å². The van der Waals surface area contributed by atoms with E-state index in [1.807, 2.05) is 0 Å². The molecular formula is C14H13F3INO7S. The molecule has 0 bridgehead atoms. The number of alkyl halides is 3. The summed E-state index contributed by atoms with van der Waals surface area (Å²) in [5, 5.41) is 2.35. The van der Waals surface area contributed by atoms with Crippen LogP contribution in [0.25, 0.3) is 0 Å². The molecule has 0 aromatic heterocycles. The first-order chi connectivity index (χ1) is 12.3. The molecule has 13 heteroatoms. The van der Waals surface area contributed by atoms with E-state index >= 15 is 0 Å². The molecule has 0 spiro atoms. The molecule has 0 saturated carbocycles. The van der Waals surface area contributed by atoms with E-state index in [4.69, 9.17) is 9.29 Å². The van der Waals surface area contributed by atoms with E-state index in [2.05, 4.69) is 16.6 Å². The first-order valence-corrected chi connectivity index (χ1v) is 9.59. The third kappa shape index (κ3) is 8.13. The van der Waals surface area contributed by atoms with E-state index in [1.54, 1.807) is 22.6 Å². The average Bonchev–Trinajstić information content (AvgIpc) is 2.52. The van der Waals surface area contributed by atoms with E-state index in [-0.39, 0.29) is 21.4 Å². The highest BCUT2D eigenvalue weighted by Gasteiger charge is 2.45. The van der Waals surface area contributed by atoms with Gasteiger partial charge in [-0.05, 0) is 40.8 Å². The van der Waals surface area contributed by atoms with Gasteiger partial charge >= 0.3 is 18.2 Å². The summed E-state index contributed by atoms with van der Waals surface area (Å²) in [6.07, 6.45) is -7.71. The molecular weight excluding hydrogens is 510 g/mol. The highest BCUT2D eigenvalue weighted by atomic mass is 127. The fourth-order valence-electron chi connectivity index (χ4n) is 1.61. The topological polar surface area (TPSA) is 119 Å². The predicted octanol–water partition coefficient (Wildman–Crippen LogP) is 3.00. The van der Waals surface area contributed by atoms with Crippen LogP contribution in [-0.2, 0) is 19.6 Å². The number of anilines is 1. The normalized spacial score (nSPS) is 12.8. The van der Waals surface area contributed by atoms with Crippen molar-refractivity contribution < 1.29 is 45.2 Å². The van der Waals surface area contributed by atoms with Crippen LogP contribution in [0, 0.1) is 3.57 Å². The maximum absolute atomic E-state index is 12.8. The fourth-order valence-corrected chi connectivity index (χ4v) is 2.90. The maximum atomic E-state index is 12.8. The second kappa shape index (κ2) is 9.36. The van der Waals surface area contributed by atoms with Crippen LogP contribution in [-0.4, -0.2) is 49.7 Å². The molecule has 1 aromatic carbocycles.